The SMILES string of the molecule is C1CCC1.CC(CN1CCc2ccccc2C1)CN1CCOc2ccc(Nc3ccn(C)c(=O)c3)cc2C1=O. The zero-order valence-electron chi connectivity index (χ0n) is 23.2. The van der Waals surface area contributed by atoms with Crippen LogP contribution < -0.4 is 15.6 Å². The Kier molecular flexibility index (Phi) is 8.67. The molecule has 1 unspecified atom stereocenters. The average molecular weight is 529 g/mol. The zero-order valence-corrected chi connectivity index (χ0v) is 23.2. The molecule has 6 rings (SSSR count). The molecule has 0 spiro atoms. The summed E-state index contributed by atoms with van der Waals surface area (Å²) < 4.78 is 7.42. The second kappa shape index (κ2) is 12.5. The summed E-state index contributed by atoms with van der Waals surface area (Å²) in [5.41, 5.74) is 4.75. The molecule has 2 aromatic carbocycles. The first kappa shape index (κ1) is 27.0. The molecular formula is C32H40N4O3. The number of amides is 1. The minimum absolute atomic E-state index is 0.0130. The van der Waals surface area contributed by atoms with Crippen molar-refractivity contribution < 1.29 is 9.53 Å². The number of fused-ring (bicyclic) bond motifs is 2. The van der Waals surface area contributed by atoms with Crippen LogP contribution in [0.2, 0.25) is 0 Å². The molecule has 3 heterocycles. The first-order valence-corrected chi connectivity index (χ1v) is 14.3. The summed E-state index contributed by atoms with van der Waals surface area (Å²) in [6, 6.07) is 17.6. The van der Waals surface area contributed by atoms with E-state index in [-0.39, 0.29) is 11.5 Å². The minimum atomic E-state index is -0.0958. The van der Waals surface area contributed by atoms with Gasteiger partial charge in [0.2, 0.25) is 0 Å². The molecule has 1 amide bonds. The molecule has 0 bridgehead atoms. The lowest BCUT2D eigenvalue weighted by molar-refractivity contribution is 0.0713. The van der Waals surface area contributed by atoms with Crippen LogP contribution in [0.3, 0.4) is 0 Å². The van der Waals surface area contributed by atoms with Gasteiger partial charge in [0, 0.05) is 56.9 Å². The van der Waals surface area contributed by atoms with Crippen LogP contribution in [-0.2, 0) is 20.0 Å². The van der Waals surface area contributed by atoms with Crippen molar-refractivity contribution in [2.75, 3.05) is 38.1 Å². The topological polar surface area (TPSA) is 66.8 Å². The Labute approximate surface area is 231 Å². The highest BCUT2D eigenvalue weighted by Gasteiger charge is 2.26. The fourth-order valence-corrected chi connectivity index (χ4v) is 5.24. The van der Waals surface area contributed by atoms with Crippen molar-refractivity contribution in [2.45, 2.75) is 45.6 Å². The number of pyridine rings is 1. The highest BCUT2D eigenvalue weighted by atomic mass is 16.5. The fraction of sp³-hybridized carbons (Fsp3) is 0.438. The van der Waals surface area contributed by atoms with Crippen molar-refractivity contribution in [3.8, 4) is 5.75 Å². The lowest BCUT2D eigenvalue weighted by Crippen LogP contribution is -2.41. The summed E-state index contributed by atoms with van der Waals surface area (Å²) in [6.45, 7) is 6.93. The number of aromatic nitrogens is 1. The molecule has 2 aliphatic heterocycles. The van der Waals surface area contributed by atoms with Crippen LogP contribution in [0.1, 0.15) is 54.1 Å². The number of nitrogens with zero attached hydrogens (tertiary/aromatic N) is 3. The largest absolute Gasteiger partial charge is 0.491 e. The molecule has 206 valence electrons. The Hall–Kier alpha value is -3.58. The van der Waals surface area contributed by atoms with Crippen molar-refractivity contribution in [2.24, 2.45) is 13.0 Å². The number of hydrogen-bond donors (Lipinski definition) is 1. The smallest absolute Gasteiger partial charge is 0.257 e. The number of rotatable bonds is 6. The van der Waals surface area contributed by atoms with Crippen LogP contribution in [0.25, 0.3) is 0 Å². The number of anilines is 2. The van der Waals surface area contributed by atoms with E-state index in [1.54, 1.807) is 13.2 Å². The predicted octanol–water partition coefficient (Wildman–Crippen LogP) is 5.22. The quantitative estimate of drug-likeness (QED) is 0.475. The third kappa shape index (κ3) is 6.90. The first-order chi connectivity index (χ1) is 19.0. The van der Waals surface area contributed by atoms with E-state index in [4.69, 9.17) is 4.74 Å². The molecule has 1 saturated carbocycles. The van der Waals surface area contributed by atoms with Crippen molar-refractivity contribution in [3.63, 3.8) is 0 Å². The summed E-state index contributed by atoms with van der Waals surface area (Å²) in [7, 11) is 1.71. The Morgan fingerprint density at radius 3 is 2.38 bits per heavy atom. The van der Waals surface area contributed by atoms with E-state index < -0.39 is 0 Å². The fourth-order valence-electron chi connectivity index (χ4n) is 5.24. The molecule has 1 aromatic heterocycles. The number of hydrogen-bond acceptors (Lipinski definition) is 5. The Bertz CT molecular complexity index is 1340. The molecule has 39 heavy (non-hydrogen) atoms. The molecule has 1 N–H and O–H groups in total. The van der Waals surface area contributed by atoms with E-state index in [1.165, 1.54) is 47.4 Å². The molecule has 3 aromatic rings. The summed E-state index contributed by atoms with van der Waals surface area (Å²) in [4.78, 5) is 29.8. The predicted molar refractivity (Wildman–Crippen MR) is 156 cm³/mol. The number of aryl methyl sites for hydroxylation is 1. The zero-order chi connectivity index (χ0) is 27.2. The van der Waals surface area contributed by atoms with E-state index in [9.17, 15) is 9.59 Å². The first-order valence-electron chi connectivity index (χ1n) is 14.3. The highest BCUT2D eigenvalue weighted by molar-refractivity contribution is 5.98. The van der Waals surface area contributed by atoms with Crippen molar-refractivity contribution in [3.05, 3.63) is 87.8 Å². The standard InChI is InChI=1S/C28H32N4O3.C4H8/c1-20(17-31-12-9-21-5-3-4-6-22(21)19-31)18-32-13-14-35-26-8-7-23(15-25(26)28(32)34)29-24-10-11-30(2)27(33)16-24;1-2-4-3-1/h3-8,10-11,15-16,20,29H,9,12-14,17-19H2,1-2H3;1-4H2. The monoisotopic (exact) mass is 528 g/mol. The number of ether oxygens (including phenoxy) is 1. The van der Waals surface area contributed by atoms with Gasteiger partial charge < -0.3 is 19.5 Å². The molecule has 1 atom stereocenters. The van der Waals surface area contributed by atoms with Crippen molar-refractivity contribution in [1.29, 1.82) is 0 Å². The van der Waals surface area contributed by atoms with Crippen molar-refractivity contribution in [1.82, 2.24) is 14.4 Å². The van der Waals surface area contributed by atoms with Gasteiger partial charge in [0.25, 0.3) is 11.5 Å². The summed E-state index contributed by atoms with van der Waals surface area (Å²) in [5.74, 6) is 0.931. The maximum Gasteiger partial charge on any atom is 0.257 e. The number of benzene rings is 2. The third-order valence-corrected chi connectivity index (χ3v) is 7.82. The van der Waals surface area contributed by atoms with Crippen LogP contribution in [0.5, 0.6) is 5.75 Å². The molecule has 0 saturated heterocycles. The second-order valence-electron chi connectivity index (χ2n) is 11.1. The van der Waals surface area contributed by atoms with Gasteiger partial charge in [-0.15, -0.1) is 0 Å². The van der Waals surface area contributed by atoms with E-state index in [0.29, 0.717) is 42.6 Å². The van der Waals surface area contributed by atoms with Gasteiger partial charge in [0.05, 0.1) is 12.1 Å². The van der Waals surface area contributed by atoms with E-state index in [0.717, 1.165) is 31.7 Å². The van der Waals surface area contributed by atoms with Gasteiger partial charge >= 0.3 is 0 Å². The van der Waals surface area contributed by atoms with Crippen LogP contribution in [0, 0.1) is 5.92 Å². The van der Waals surface area contributed by atoms with Crippen LogP contribution >= 0.6 is 0 Å². The highest BCUT2D eigenvalue weighted by Crippen LogP contribution is 2.28. The molecule has 0 radical (unpaired) electrons. The van der Waals surface area contributed by atoms with Gasteiger partial charge in [0.1, 0.15) is 12.4 Å². The summed E-state index contributed by atoms with van der Waals surface area (Å²) in [6.07, 6.45) is 8.79. The van der Waals surface area contributed by atoms with E-state index >= 15 is 0 Å². The minimum Gasteiger partial charge on any atom is -0.491 e. The summed E-state index contributed by atoms with van der Waals surface area (Å²) in [5, 5.41) is 3.23. The molecule has 1 fully saturated rings. The van der Waals surface area contributed by atoms with Crippen LogP contribution in [-0.4, -0.2) is 53.1 Å². The van der Waals surface area contributed by atoms with Crippen LogP contribution in [0.4, 0.5) is 11.4 Å². The van der Waals surface area contributed by atoms with Gasteiger partial charge in [0.15, 0.2) is 0 Å². The second-order valence-corrected chi connectivity index (χ2v) is 11.1. The lowest BCUT2D eigenvalue weighted by atomic mass is 9.99. The molecular weight excluding hydrogens is 488 g/mol. The van der Waals surface area contributed by atoms with Gasteiger partial charge in [-0.3, -0.25) is 14.5 Å². The van der Waals surface area contributed by atoms with Gasteiger partial charge in [-0.2, -0.15) is 0 Å². The van der Waals surface area contributed by atoms with Gasteiger partial charge in [-0.1, -0.05) is 56.9 Å². The lowest BCUT2D eigenvalue weighted by Gasteiger charge is -2.32. The van der Waals surface area contributed by atoms with E-state index in [1.807, 2.05) is 29.2 Å². The maximum atomic E-state index is 13.5. The normalized spacial score (nSPS) is 17.4. The molecule has 7 heteroatoms. The number of carbonyl (C=O) groups is 1. The van der Waals surface area contributed by atoms with E-state index in [2.05, 4.69) is 41.4 Å². The van der Waals surface area contributed by atoms with Gasteiger partial charge in [-0.25, -0.2) is 0 Å². The van der Waals surface area contributed by atoms with Gasteiger partial charge in [-0.05, 0) is 47.7 Å². The maximum absolute atomic E-state index is 13.5. The number of nitrogens with one attached hydrogen (secondary N) is 1. The Morgan fingerprint density at radius 2 is 1.64 bits per heavy atom. The molecule has 3 aliphatic rings. The Balaban J connectivity index is 0.000000707. The summed E-state index contributed by atoms with van der Waals surface area (Å²) >= 11 is 0. The Morgan fingerprint density at radius 1 is 0.897 bits per heavy atom. The molecule has 1 aliphatic carbocycles. The van der Waals surface area contributed by atoms with Crippen LogP contribution in [0.15, 0.2) is 65.6 Å². The molecule has 7 nitrogen and oxygen atoms in total. The third-order valence-electron chi connectivity index (χ3n) is 7.82. The average Bonchev–Trinajstić information content (AvgIpc) is 3.03. The number of carbonyl (C=O) groups excluding carboxylic acids is 1. The van der Waals surface area contributed by atoms with Crippen molar-refractivity contribution >= 4 is 17.3 Å².